The minimum atomic E-state index is -0.178. The quantitative estimate of drug-likeness (QED) is 0.881. The molecule has 0 aliphatic heterocycles. The first-order valence-electron chi connectivity index (χ1n) is 6.35. The lowest BCUT2D eigenvalue weighted by molar-refractivity contribution is -0.117. The van der Waals surface area contributed by atoms with Gasteiger partial charge in [-0.25, -0.2) is 0 Å². The zero-order valence-corrected chi connectivity index (χ0v) is 11.0. The summed E-state index contributed by atoms with van der Waals surface area (Å²) in [5.74, 6) is -0.192. The maximum atomic E-state index is 12.2. The Balaban J connectivity index is 2.08. The Labute approximate surface area is 113 Å². The molecule has 3 nitrogen and oxygen atoms in total. The lowest BCUT2D eigenvalue weighted by atomic mass is 10.0. The fourth-order valence-electron chi connectivity index (χ4n) is 1.92. The standard InChI is InChI=1S/C16H18N2O/c1-12(14-7-3-2-4-8-14)16(19)18-15-9-5-6-13(10-15)11-17/h2-10,12H,11,17H2,1H3,(H,18,19). The molecule has 19 heavy (non-hydrogen) atoms. The van der Waals surface area contributed by atoms with Crippen molar-refractivity contribution in [2.24, 2.45) is 5.73 Å². The number of rotatable bonds is 4. The number of anilines is 1. The molecule has 3 heteroatoms. The second kappa shape index (κ2) is 6.16. The molecule has 2 aromatic rings. The summed E-state index contributed by atoms with van der Waals surface area (Å²) in [7, 11) is 0. The van der Waals surface area contributed by atoms with Crippen molar-refractivity contribution in [2.45, 2.75) is 19.4 Å². The molecule has 0 aliphatic carbocycles. The van der Waals surface area contributed by atoms with Crippen molar-refractivity contribution in [1.29, 1.82) is 0 Å². The van der Waals surface area contributed by atoms with Gasteiger partial charge in [-0.15, -0.1) is 0 Å². The molecule has 1 amide bonds. The van der Waals surface area contributed by atoms with Crippen molar-refractivity contribution in [2.75, 3.05) is 5.32 Å². The van der Waals surface area contributed by atoms with Crippen LogP contribution in [0.1, 0.15) is 24.0 Å². The van der Waals surface area contributed by atoms with E-state index in [1.165, 1.54) is 0 Å². The fourth-order valence-corrected chi connectivity index (χ4v) is 1.92. The molecule has 1 atom stereocenters. The molecule has 98 valence electrons. The van der Waals surface area contributed by atoms with Crippen molar-refractivity contribution in [1.82, 2.24) is 0 Å². The first kappa shape index (κ1) is 13.3. The van der Waals surface area contributed by atoms with E-state index >= 15 is 0 Å². The Morgan fingerprint density at radius 2 is 1.89 bits per heavy atom. The van der Waals surface area contributed by atoms with E-state index in [0.29, 0.717) is 6.54 Å². The van der Waals surface area contributed by atoms with E-state index in [1.807, 2.05) is 61.5 Å². The maximum Gasteiger partial charge on any atom is 0.231 e. The summed E-state index contributed by atoms with van der Waals surface area (Å²) in [6.45, 7) is 2.37. The zero-order chi connectivity index (χ0) is 13.7. The van der Waals surface area contributed by atoms with E-state index in [4.69, 9.17) is 5.73 Å². The predicted octanol–water partition coefficient (Wildman–Crippen LogP) is 2.89. The van der Waals surface area contributed by atoms with E-state index in [2.05, 4.69) is 5.32 Å². The average molecular weight is 254 g/mol. The molecule has 0 aliphatic rings. The van der Waals surface area contributed by atoms with Crippen LogP contribution in [0.25, 0.3) is 0 Å². The fraction of sp³-hybridized carbons (Fsp3) is 0.188. The van der Waals surface area contributed by atoms with E-state index in [-0.39, 0.29) is 11.8 Å². The van der Waals surface area contributed by atoms with Crippen molar-refractivity contribution in [3.8, 4) is 0 Å². The molecule has 1 unspecified atom stereocenters. The lowest BCUT2D eigenvalue weighted by Gasteiger charge is -2.13. The Bertz CT molecular complexity index is 552. The summed E-state index contributed by atoms with van der Waals surface area (Å²) in [5, 5.41) is 2.92. The van der Waals surface area contributed by atoms with E-state index < -0.39 is 0 Å². The molecule has 0 aromatic heterocycles. The molecular formula is C16H18N2O. The summed E-state index contributed by atoms with van der Waals surface area (Å²) in [6.07, 6.45) is 0. The lowest BCUT2D eigenvalue weighted by Crippen LogP contribution is -2.18. The van der Waals surface area contributed by atoms with Crippen LogP contribution >= 0.6 is 0 Å². The van der Waals surface area contributed by atoms with Gasteiger partial charge >= 0.3 is 0 Å². The SMILES string of the molecule is CC(C(=O)Nc1cccc(CN)c1)c1ccccc1. The molecule has 0 bridgehead atoms. The van der Waals surface area contributed by atoms with Crippen LogP contribution in [0.4, 0.5) is 5.69 Å². The molecule has 3 N–H and O–H groups in total. The van der Waals surface area contributed by atoms with Gasteiger partial charge < -0.3 is 11.1 Å². The molecule has 2 aromatic carbocycles. The zero-order valence-electron chi connectivity index (χ0n) is 11.0. The monoisotopic (exact) mass is 254 g/mol. The number of carbonyl (C=O) groups excluding carboxylic acids is 1. The number of benzene rings is 2. The minimum absolute atomic E-state index is 0.0135. The van der Waals surface area contributed by atoms with Crippen LogP contribution < -0.4 is 11.1 Å². The second-order valence-corrected chi connectivity index (χ2v) is 4.53. The molecule has 0 radical (unpaired) electrons. The van der Waals surface area contributed by atoms with Crippen molar-refractivity contribution < 1.29 is 4.79 Å². The number of hydrogen-bond donors (Lipinski definition) is 2. The number of amides is 1. The van der Waals surface area contributed by atoms with E-state index in [9.17, 15) is 4.79 Å². The molecule has 0 spiro atoms. The Kier molecular flexibility index (Phi) is 4.31. The van der Waals surface area contributed by atoms with Gasteiger partial charge in [-0.1, -0.05) is 42.5 Å². The summed E-state index contributed by atoms with van der Waals surface area (Å²) >= 11 is 0. The average Bonchev–Trinajstić information content (AvgIpc) is 2.47. The minimum Gasteiger partial charge on any atom is -0.326 e. The van der Waals surface area contributed by atoms with Gasteiger partial charge in [0.05, 0.1) is 5.92 Å². The van der Waals surface area contributed by atoms with E-state index in [1.54, 1.807) is 0 Å². The first-order chi connectivity index (χ1) is 9.20. The van der Waals surface area contributed by atoms with Crippen LogP contribution in [0, 0.1) is 0 Å². The number of nitrogens with one attached hydrogen (secondary N) is 1. The van der Waals surface area contributed by atoms with Crippen LogP contribution in [-0.2, 0) is 11.3 Å². The number of carbonyl (C=O) groups is 1. The highest BCUT2D eigenvalue weighted by molar-refractivity contribution is 5.95. The first-order valence-corrected chi connectivity index (χ1v) is 6.35. The summed E-state index contributed by atoms with van der Waals surface area (Å²) < 4.78 is 0. The largest absolute Gasteiger partial charge is 0.326 e. The highest BCUT2D eigenvalue weighted by Crippen LogP contribution is 2.18. The van der Waals surface area contributed by atoms with Gasteiger partial charge in [-0.3, -0.25) is 4.79 Å². The third-order valence-corrected chi connectivity index (χ3v) is 3.12. The van der Waals surface area contributed by atoms with E-state index in [0.717, 1.165) is 16.8 Å². The summed E-state index contributed by atoms with van der Waals surface area (Å²) in [4.78, 5) is 12.2. The van der Waals surface area contributed by atoms with Crippen LogP contribution in [-0.4, -0.2) is 5.91 Å². The second-order valence-electron chi connectivity index (χ2n) is 4.53. The highest BCUT2D eigenvalue weighted by atomic mass is 16.1. The molecule has 0 heterocycles. The van der Waals surface area contributed by atoms with Crippen LogP contribution in [0.2, 0.25) is 0 Å². The van der Waals surface area contributed by atoms with Gasteiger partial charge in [-0.05, 0) is 30.2 Å². The van der Waals surface area contributed by atoms with Gasteiger partial charge in [0.15, 0.2) is 0 Å². The van der Waals surface area contributed by atoms with Crippen molar-refractivity contribution in [3.05, 3.63) is 65.7 Å². The Morgan fingerprint density at radius 1 is 1.16 bits per heavy atom. The molecule has 0 fully saturated rings. The van der Waals surface area contributed by atoms with Gasteiger partial charge in [0.25, 0.3) is 0 Å². The van der Waals surface area contributed by atoms with Crippen LogP contribution in [0.5, 0.6) is 0 Å². The maximum absolute atomic E-state index is 12.2. The van der Waals surface area contributed by atoms with Crippen LogP contribution in [0.15, 0.2) is 54.6 Å². The molecule has 0 saturated carbocycles. The van der Waals surface area contributed by atoms with Gasteiger partial charge in [-0.2, -0.15) is 0 Å². The van der Waals surface area contributed by atoms with Crippen molar-refractivity contribution >= 4 is 11.6 Å². The topological polar surface area (TPSA) is 55.1 Å². The Morgan fingerprint density at radius 3 is 2.58 bits per heavy atom. The van der Waals surface area contributed by atoms with Crippen molar-refractivity contribution in [3.63, 3.8) is 0 Å². The van der Waals surface area contributed by atoms with Gasteiger partial charge in [0.2, 0.25) is 5.91 Å². The Hall–Kier alpha value is -2.13. The molecular weight excluding hydrogens is 236 g/mol. The normalized spacial score (nSPS) is 11.9. The number of hydrogen-bond acceptors (Lipinski definition) is 2. The third kappa shape index (κ3) is 3.42. The van der Waals surface area contributed by atoms with Crippen LogP contribution in [0.3, 0.4) is 0 Å². The smallest absolute Gasteiger partial charge is 0.231 e. The summed E-state index contributed by atoms with van der Waals surface area (Å²) in [5.41, 5.74) is 8.39. The number of nitrogens with two attached hydrogens (primary N) is 1. The predicted molar refractivity (Wildman–Crippen MR) is 77.8 cm³/mol. The summed E-state index contributed by atoms with van der Waals surface area (Å²) in [6, 6.07) is 17.3. The van der Waals surface area contributed by atoms with Gasteiger partial charge in [0.1, 0.15) is 0 Å². The third-order valence-electron chi connectivity index (χ3n) is 3.12. The van der Waals surface area contributed by atoms with Gasteiger partial charge in [0, 0.05) is 12.2 Å². The molecule has 0 saturated heterocycles. The highest BCUT2D eigenvalue weighted by Gasteiger charge is 2.14. The molecule has 2 rings (SSSR count).